The van der Waals surface area contributed by atoms with Crippen molar-refractivity contribution in [3.8, 4) is 0 Å². The molecule has 2 rings (SSSR count). The molecule has 8 atom stereocenters. The van der Waals surface area contributed by atoms with Crippen LogP contribution in [-0.4, -0.2) is 260 Å². The molecule has 20 N–H and O–H groups in total. The fourth-order valence-electron chi connectivity index (χ4n) is 7.85. The van der Waals surface area contributed by atoms with E-state index in [0.717, 1.165) is 23.6 Å². The quantitative estimate of drug-likeness (QED) is 0.0282. The summed E-state index contributed by atoms with van der Waals surface area (Å²) in [4.78, 5) is 111. The van der Waals surface area contributed by atoms with Gasteiger partial charge in [-0.3, -0.25) is 38.4 Å². The monoisotopic (exact) mass is 1880 g/mol. The van der Waals surface area contributed by atoms with Crippen molar-refractivity contribution in [2.45, 2.75) is 88.1 Å². The van der Waals surface area contributed by atoms with Gasteiger partial charge in [0, 0.05) is 48.4 Å². The highest BCUT2D eigenvalue weighted by atomic mass is 127. The second-order valence-electron chi connectivity index (χ2n) is 19.2. The number of benzene rings is 2. The van der Waals surface area contributed by atoms with Crippen LogP contribution in [-0.2, 0) is 64.0 Å². The molecule has 2 aromatic carbocycles. The van der Waals surface area contributed by atoms with E-state index in [1.54, 1.807) is 0 Å². The van der Waals surface area contributed by atoms with Crippen LogP contribution in [0.4, 0.5) is 11.4 Å². The van der Waals surface area contributed by atoms with Crippen LogP contribution >= 0.6 is 136 Å². The molecule has 0 aliphatic heterocycles. The molecular weight excluding hydrogens is 1810 g/mol. The molecule has 0 bridgehead atoms. The fraction of sp³-hybridized carbons (Fsp3) is 0.592. The molecule has 0 saturated heterocycles. The lowest BCUT2D eigenvalue weighted by molar-refractivity contribution is -0.124. The number of halogens is 6. The van der Waals surface area contributed by atoms with Crippen LogP contribution in [0.5, 0.6) is 0 Å². The largest absolute Gasteiger partial charge is 0.396 e. The first-order valence-corrected chi connectivity index (χ1v) is 31.9. The average Bonchev–Trinajstić information content (AvgIpc) is 1.92. The van der Waals surface area contributed by atoms with E-state index in [2.05, 4.69) is 31.9 Å². The zero-order chi connectivity index (χ0) is 64.8. The predicted octanol–water partition coefficient (Wildman–Crippen LogP) is -6.59. The number of carbonyl (C=O) groups excluding carboxylic acids is 8. The number of hydrogen-bond donors (Lipinski definition) is 20. The van der Waals surface area contributed by atoms with Gasteiger partial charge in [0.25, 0.3) is 0 Å². The van der Waals surface area contributed by atoms with Crippen LogP contribution < -0.4 is 41.7 Å². The van der Waals surface area contributed by atoms with E-state index in [-0.39, 0.29) is 47.9 Å². The summed E-state index contributed by atoms with van der Waals surface area (Å²) in [5.41, 5.74) is -0.874. The smallest absolute Gasteiger partial charge is 0.240 e. The minimum Gasteiger partial charge on any atom is -0.396 e. The van der Waals surface area contributed by atoms with Gasteiger partial charge in [-0.25, -0.2) is 0 Å². The molecule has 0 aromatic heterocycles. The number of aliphatic hydroxyl groups excluding tert-OH is 14. The van der Waals surface area contributed by atoms with Crippen molar-refractivity contribution in [2.75, 3.05) is 102 Å². The van der Waals surface area contributed by atoms with Gasteiger partial charge in [-0.05, 0) is 158 Å². The molecule has 0 fully saturated rings. The maximum absolute atomic E-state index is 13.9. The van der Waals surface area contributed by atoms with Gasteiger partial charge in [0.2, 0.25) is 47.3 Å². The van der Waals surface area contributed by atoms with Crippen molar-refractivity contribution < 1.29 is 110 Å². The highest BCUT2D eigenvalue weighted by molar-refractivity contribution is 14.1. The normalized spacial score (nSPS) is 14.4. The van der Waals surface area contributed by atoms with E-state index >= 15 is 0 Å². The molecule has 2 aromatic rings. The predicted molar refractivity (Wildman–Crippen MR) is 351 cm³/mol. The summed E-state index contributed by atoms with van der Waals surface area (Å²) in [5, 5.41) is 154. The van der Waals surface area contributed by atoms with Crippen molar-refractivity contribution in [2.24, 2.45) is 5.41 Å². The number of aliphatic hydroxyl groups is 14. The zero-order valence-corrected chi connectivity index (χ0v) is 58.5. The Labute approximate surface area is 569 Å². The second-order valence-corrected chi connectivity index (χ2v) is 25.7. The van der Waals surface area contributed by atoms with Crippen LogP contribution in [0.25, 0.3) is 0 Å². The molecule has 0 aliphatic rings. The van der Waals surface area contributed by atoms with Gasteiger partial charge in [-0.15, -0.1) is 0 Å². The van der Waals surface area contributed by atoms with Gasteiger partial charge < -0.3 is 113 Å². The Hall–Kier alpha value is -1.98. The summed E-state index contributed by atoms with van der Waals surface area (Å²) < 4.78 is 1.51. The molecule has 0 radical (unpaired) electrons. The third-order valence-corrected chi connectivity index (χ3v) is 20.2. The first-order valence-electron chi connectivity index (χ1n) is 25.4. The molecule has 0 saturated carbocycles. The molecule has 8 amide bonds. The van der Waals surface area contributed by atoms with Gasteiger partial charge >= 0.3 is 0 Å². The molecule has 0 aliphatic carbocycles. The number of hydrogen-bond acceptors (Lipinski definition) is 22. The summed E-state index contributed by atoms with van der Waals surface area (Å²) in [6, 6.07) is -5.21. The Kier molecular flexibility index (Phi) is 36.0. The van der Waals surface area contributed by atoms with Gasteiger partial charge in [0.1, 0.15) is 13.1 Å². The Morgan fingerprint density at radius 1 is 0.376 bits per heavy atom. The second kappa shape index (κ2) is 38.7. The summed E-state index contributed by atoms with van der Waals surface area (Å²) in [6.45, 7) is -8.47. The SMILES string of the molecule is CC(=O)N(CC(=O)NCC(CO)(CO)CNC(=O)CN(C(C)=O)c1c(I)c(CC(=O)NC(CO)C(O)CO)c(I)c(CC(=O)NC(CO)C(O)CO)c1I)c1c(I)c(CC(=O)NC(CO)C(O)CO)c(I)c(CC(=O)NC(CO)C(O)CO)c1I. The molecule has 0 spiro atoms. The zero-order valence-electron chi connectivity index (χ0n) is 45.5. The number of nitrogens with zero attached hydrogens (tertiary/aromatic N) is 2. The fourth-order valence-corrected chi connectivity index (χ4v) is 16.9. The topological polar surface area (TPSA) is 498 Å². The number of nitrogens with one attached hydrogen (secondary N) is 6. The summed E-state index contributed by atoms with van der Waals surface area (Å²) in [7, 11) is 0. The van der Waals surface area contributed by atoms with E-state index < -0.39 is 219 Å². The summed E-state index contributed by atoms with van der Waals surface area (Å²) in [6.07, 6.45) is -8.23. The highest BCUT2D eigenvalue weighted by Crippen LogP contribution is 2.40. The molecule has 480 valence electrons. The molecule has 36 heteroatoms. The first kappa shape index (κ1) is 79.1. The Balaban J connectivity index is 2.62. The van der Waals surface area contributed by atoms with Crippen molar-refractivity contribution in [1.82, 2.24) is 31.9 Å². The van der Waals surface area contributed by atoms with Gasteiger partial charge in [-0.1, -0.05) is 0 Å². The van der Waals surface area contributed by atoms with Crippen LogP contribution in [0.2, 0.25) is 0 Å². The molecular formula is C49H70I6N8O22. The van der Waals surface area contributed by atoms with E-state index in [1.807, 2.05) is 136 Å². The van der Waals surface area contributed by atoms with Crippen LogP contribution in [0.3, 0.4) is 0 Å². The first-order chi connectivity index (χ1) is 39.9. The molecule has 30 nitrogen and oxygen atoms in total. The molecule has 0 heterocycles. The molecule has 85 heavy (non-hydrogen) atoms. The lowest BCUT2D eigenvalue weighted by atomic mass is 9.89. The summed E-state index contributed by atoms with van der Waals surface area (Å²) >= 11 is 11.0. The summed E-state index contributed by atoms with van der Waals surface area (Å²) in [5.74, 6) is -6.38. The van der Waals surface area contributed by atoms with E-state index in [1.165, 1.54) is 0 Å². The van der Waals surface area contributed by atoms with Crippen molar-refractivity contribution in [3.63, 3.8) is 0 Å². The minimum absolute atomic E-state index is 0.0283. The van der Waals surface area contributed by atoms with Gasteiger partial charge in [0.15, 0.2) is 0 Å². The van der Waals surface area contributed by atoms with E-state index in [4.69, 9.17) is 0 Å². The third kappa shape index (κ3) is 22.7. The maximum atomic E-state index is 13.9. The lowest BCUT2D eigenvalue weighted by Gasteiger charge is -2.32. The Morgan fingerprint density at radius 2 is 0.600 bits per heavy atom. The number of amides is 8. The van der Waals surface area contributed by atoms with Crippen LogP contribution in [0, 0.1) is 26.8 Å². The van der Waals surface area contributed by atoms with E-state index in [9.17, 15) is 110 Å². The highest BCUT2D eigenvalue weighted by Gasteiger charge is 2.36. The van der Waals surface area contributed by atoms with E-state index in [0.29, 0.717) is 7.14 Å². The number of anilines is 2. The maximum Gasteiger partial charge on any atom is 0.240 e. The Bertz CT molecular complexity index is 2370. The van der Waals surface area contributed by atoms with Crippen LogP contribution in [0.1, 0.15) is 36.1 Å². The lowest BCUT2D eigenvalue weighted by Crippen LogP contribution is -2.53. The van der Waals surface area contributed by atoms with Gasteiger partial charge in [-0.2, -0.15) is 0 Å². The standard InChI is InChI=1S/C49H70I6N8O22/c1-21(74)62(47-43(52)23(3-35(80)58-27(9-64)31(76)13-68)41(50)24(44(47)53)4-36(81)59-28(10-65)32(77)14-69)7-39(84)56-17-49(19-72,20-73)18-57-40(85)8-63(22(2)75)48-45(54)25(5-37(82)60-29(11-66)33(78)15-70)42(51)26(46(48)55)6-38(83)61-30(12-67)34(79)16-71/h27-34,64-73,76-79H,3-20H2,1-2H3,(H,56,84)(H,57,85)(H,58,80)(H,59,81)(H,60,82)(H,61,83). The van der Waals surface area contributed by atoms with Crippen molar-refractivity contribution >= 4 is 194 Å². The minimum atomic E-state index is -1.73. The molecule has 8 unspecified atom stereocenters. The number of carbonyl (C=O) groups is 8. The number of rotatable bonds is 36. The average molecular weight is 1880 g/mol. The third-order valence-electron chi connectivity index (χ3n) is 13.0. The van der Waals surface area contributed by atoms with Gasteiger partial charge in [0.05, 0.1) is 157 Å². The Morgan fingerprint density at radius 3 is 0.776 bits per heavy atom. The van der Waals surface area contributed by atoms with Crippen molar-refractivity contribution in [1.29, 1.82) is 0 Å². The van der Waals surface area contributed by atoms with Crippen molar-refractivity contribution in [3.05, 3.63) is 43.7 Å². The van der Waals surface area contributed by atoms with Crippen LogP contribution in [0.15, 0.2) is 0 Å².